The zero-order chi connectivity index (χ0) is 25.2. The molecular formula is C29H34O5S. The van der Waals surface area contributed by atoms with Crippen molar-refractivity contribution in [2.24, 2.45) is 0 Å². The van der Waals surface area contributed by atoms with Gasteiger partial charge in [-0.25, -0.2) is 0 Å². The van der Waals surface area contributed by atoms with Gasteiger partial charge in [-0.05, 0) is 81.8 Å². The number of hydrogen-bond acceptors (Lipinski definition) is 5. The number of benzene rings is 3. The van der Waals surface area contributed by atoms with Crippen LogP contribution in [-0.2, 0) is 27.3 Å². The minimum atomic E-state index is -3.79. The minimum Gasteiger partial charge on any atom is -0.488 e. The highest BCUT2D eigenvalue weighted by atomic mass is 32.2. The molecule has 1 unspecified atom stereocenters. The SMILES string of the molecule is Cc1ccc(S(=O)(=O)OCCC2(C)CCc3c(C)c(OCc4ccccc4)c(C)c(C)c3O2)cc1. The molecule has 0 aromatic heterocycles. The van der Waals surface area contributed by atoms with E-state index in [2.05, 4.69) is 32.9 Å². The highest BCUT2D eigenvalue weighted by Gasteiger charge is 2.35. The summed E-state index contributed by atoms with van der Waals surface area (Å²) in [4.78, 5) is 0.174. The van der Waals surface area contributed by atoms with Crippen LogP contribution in [0.4, 0.5) is 0 Å². The lowest BCUT2D eigenvalue weighted by Crippen LogP contribution is -2.38. The Morgan fingerprint density at radius 1 is 0.914 bits per heavy atom. The summed E-state index contributed by atoms with van der Waals surface area (Å²) < 4.78 is 43.3. The minimum absolute atomic E-state index is 0.0668. The van der Waals surface area contributed by atoms with Crippen LogP contribution in [0.15, 0.2) is 59.5 Å². The molecule has 0 bridgehead atoms. The van der Waals surface area contributed by atoms with E-state index < -0.39 is 15.7 Å². The maximum absolute atomic E-state index is 12.6. The monoisotopic (exact) mass is 494 g/mol. The predicted molar refractivity (Wildman–Crippen MR) is 138 cm³/mol. The Morgan fingerprint density at radius 2 is 1.60 bits per heavy atom. The maximum Gasteiger partial charge on any atom is 0.296 e. The fraction of sp³-hybridized carbons (Fsp3) is 0.379. The highest BCUT2D eigenvalue weighted by Crippen LogP contribution is 2.44. The van der Waals surface area contributed by atoms with Gasteiger partial charge in [0, 0.05) is 12.0 Å². The molecule has 3 aromatic carbocycles. The van der Waals surface area contributed by atoms with Crippen LogP contribution in [0.2, 0.25) is 0 Å². The molecule has 186 valence electrons. The average Bonchev–Trinajstić information content (AvgIpc) is 2.83. The molecule has 0 spiro atoms. The van der Waals surface area contributed by atoms with Crippen LogP contribution in [0.3, 0.4) is 0 Å². The molecule has 6 heteroatoms. The Morgan fingerprint density at radius 3 is 2.29 bits per heavy atom. The lowest BCUT2D eigenvalue weighted by molar-refractivity contribution is 0.0420. The van der Waals surface area contributed by atoms with Crippen LogP contribution in [0.1, 0.15) is 53.1 Å². The Bertz CT molecular complexity index is 1300. The van der Waals surface area contributed by atoms with Crippen LogP contribution in [-0.4, -0.2) is 20.6 Å². The molecule has 0 radical (unpaired) electrons. The van der Waals surface area contributed by atoms with Crippen molar-refractivity contribution < 1.29 is 22.1 Å². The number of rotatable bonds is 8. The third-order valence-electron chi connectivity index (χ3n) is 6.97. The van der Waals surface area contributed by atoms with Crippen molar-refractivity contribution in [1.82, 2.24) is 0 Å². The summed E-state index contributed by atoms with van der Waals surface area (Å²) >= 11 is 0. The Balaban J connectivity index is 1.46. The lowest BCUT2D eigenvalue weighted by atomic mass is 9.86. The van der Waals surface area contributed by atoms with E-state index in [1.165, 1.54) is 5.56 Å². The van der Waals surface area contributed by atoms with Crippen molar-refractivity contribution >= 4 is 10.1 Å². The fourth-order valence-corrected chi connectivity index (χ4v) is 5.45. The normalized spacial score (nSPS) is 17.5. The summed E-state index contributed by atoms with van der Waals surface area (Å²) in [5.41, 5.74) is 6.03. The number of hydrogen-bond donors (Lipinski definition) is 0. The van der Waals surface area contributed by atoms with E-state index in [-0.39, 0.29) is 11.5 Å². The van der Waals surface area contributed by atoms with Crippen molar-refractivity contribution in [2.75, 3.05) is 6.61 Å². The van der Waals surface area contributed by atoms with E-state index in [9.17, 15) is 8.42 Å². The van der Waals surface area contributed by atoms with E-state index >= 15 is 0 Å². The molecule has 0 aliphatic carbocycles. The maximum atomic E-state index is 12.6. The summed E-state index contributed by atoms with van der Waals surface area (Å²) in [6.45, 7) is 10.8. The molecule has 0 N–H and O–H groups in total. The molecular weight excluding hydrogens is 460 g/mol. The summed E-state index contributed by atoms with van der Waals surface area (Å²) in [6.07, 6.45) is 2.09. The van der Waals surface area contributed by atoms with Gasteiger partial charge in [-0.2, -0.15) is 8.42 Å². The smallest absolute Gasteiger partial charge is 0.296 e. The third kappa shape index (κ3) is 5.54. The molecule has 1 atom stereocenters. The second kappa shape index (κ2) is 10.0. The van der Waals surface area contributed by atoms with Crippen LogP contribution in [0.5, 0.6) is 11.5 Å². The number of fused-ring (bicyclic) bond motifs is 1. The number of aryl methyl sites for hydroxylation is 1. The molecule has 1 aliphatic rings. The van der Waals surface area contributed by atoms with Gasteiger partial charge >= 0.3 is 0 Å². The van der Waals surface area contributed by atoms with Crippen molar-refractivity contribution in [2.45, 2.75) is 71.0 Å². The molecule has 1 heterocycles. The van der Waals surface area contributed by atoms with Crippen molar-refractivity contribution in [1.29, 1.82) is 0 Å². The number of ether oxygens (including phenoxy) is 2. The average molecular weight is 495 g/mol. The van der Waals surface area contributed by atoms with Crippen LogP contribution < -0.4 is 9.47 Å². The van der Waals surface area contributed by atoms with Gasteiger partial charge in [-0.15, -0.1) is 0 Å². The van der Waals surface area contributed by atoms with E-state index in [1.54, 1.807) is 24.3 Å². The van der Waals surface area contributed by atoms with Crippen LogP contribution in [0, 0.1) is 27.7 Å². The van der Waals surface area contributed by atoms with Crippen LogP contribution in [0.25, 0.3) is 0 Å². The summed E-state index contributed by atoms with van der Waals surface area (Å²) in [5.74, 6) is 1.81. The van der Waals surface area contributed by atoms with Gasteiger partial charge in [-0.1, -0.05) is 48.0 Å². The first-order valence-corrected chi connectivity index (χ1v) is 13.4. The second-order valence-electron chi connectivity index (χ2n) is 9.68. The molecule has 35 heavy (non-hydrogen) atoms. The third-order valence-corrected chi connectivity index (χ3v) is 8.29. The van der Waals surface area contributed by atoms with Crippen molar-refractivity contribution in [3.63, 3.8) is 0 Å². The molecule has 0 saturated heterocycles. The zero-order valence-electron chi connectivity index (χ0n) is 21.2. The van der Waals surface area contributed by atoms with Gasteiger partial charge in [0.2, 0.25) is 0 Å². The summed E-state index contributed by atoms with van der Waals surface area (Å²) in [5, 5.41) is 0. The predicted octanol–water partition coefficient (Wildman–Crippen LogP) is 6.38. The fourth-order valence-electron chi connectivity index (χ4n) is 4.54. The molecule has 3 aromatic rings. The highest BCUT2D eigenvalue weighted by molar-refractivity contribution is 7.86. The second-order valence-corrected chi connectivity index (χ2v) is 11.3. The summed E-state index contributed by atoms with van der Waals surface area (Å²) in [6, 6.07) is 16.8. The molecule has 5 nitrogen and oxygen atoms in total. The van der Waals surface area contributed by atoms with Crippen LogP contribution >= 0.6 is 0 Å². The van der Waals surface area contributed by atoms with E-state index in [4.69, 9.17) is 13.7 Å². The topological polar surface area (TPSA) is 61.8 Å². The van der Waals surface area contributed by atoms with Gasteiger partial charge in [0.1, 0.15) is 23.7 Å². The molecule has 0 saturated carbocycles. The van der Waals surface area contributed by atoms with Crippen molar-refractivity contribution in [3.8, 4) is 11.5 Å². The quantitative estimate of drug-likeness (QED) is 0.340. The Kier molecular flexibility index (Phi) is 7.25. The molecule has 4 rings (SSSR count). The van der Waals surface area contributed by atoms with Gasteiger partial charge in [0.25, 0.3) is 10.1 Å². The standard InChI is InChI=1S/C29H34O5S/c1-20-11-13-25(14-12-20)35(30,31)33-18-17-29(5)16-15-26-23(4)27(21(2)22(3)28(26)34-29)32-19-24-9-7-6-8-10-24/h6-14H,15-19H2,1-5H3. The Labute approximate surface area is 209 Å². The van der Waals surface area contributed by atoms with Gasteiger partial charge in [-0.3, -0.25) is 4.18 Å². The van der Waals surface area contributed by atoms with E-state index in [0.29, 0.717) is 13.0 Å². The van der Waals surface area contributed by atoms with Gasteiger partial charge in [0.15, 0.2) is 0 Å². The first-order valence-electron chi connectivity index (χ1n) is 12.0. The summed E-state index contributed by atoms with van der Waals surface area (Å²) in [7, 11) is -3.79. The Hall–Kier alpha value is -2.83. The molecule has 0 amide bonds. The molecule has 0 fully saturated rings. The first kappa shape index (κ1) is 25.3. The molecule has 1 aliphatic heterocycles. The first-order chi connectivity index (χ1) is 16.6. The van der Waals surface area contributed by atoms with E-state index in [0.717, 1.165) is 52.2 Å². The largest absolute Gasteiger partial charge is 0.488 e. The lowest BCUT2D eigenvalue weighted by Gasteiger charge is -2.38. The zero-order valence-corrected chi connectivity index (χ0v) is 22.0. The van der Waals surface area contributed by atoms with Gasteiger partial charge in [0.05, 0.1) is 11.5 Å². The van der Waals surface area contributed by atoms with Gasteiger partial charge < -0.3 is 9.47 Å². The van der Waals surface area contributed by atoms with Crippen molar-refractivity contribution in [3.05, 3.63) is 88.0 Å². The van der Waals surface area contributed by atoms with E-state index in [1.807, 2.05) is 32.0 Å².